The fourth-order valence-corrected chi connectivity index (χ4v) is 3.43. The molecule has 3 nitrogen and oxygen atoms in total. The maximum Gasteiger partial charge on any atom is 0.123 e. The third-order valence-corrected chi connectivity index (χ3v) is 4.68. The molecule has 1 aliphatic rings. The summed E-state index contributed by atoms with van der Waals surface area (Å²) in [7, 11) is 1.72. The van der Waals surface area contributed by atoms with E-state index in [-0.39, 0.29) is 0 Å². The van der Waals surface area contributed by atoms with Gasteiger partial charge in [-0.05, 0) is 25.1 Å². The van der Waals surface area contributed by atoms with E-state index in [4.69, 9.17) is 10.5 Å². The molecule has 0 saturated carbocycles. The second-order valence-corrected chi connectivity index (χ2v) is 6.08. The predicted octanol–water partition coefficient (Wildman–Crippen LogP) is 1.94. The fourth-order valence-electron chi connectivity index (χ4n) is 2.35. The Morgan fingerprint density at radius 2 is 2.35 bits per heavy atom. The van der Waals surface area contributed by atoms with Crippen molar-refractivity contribution in [2.75, 3.05) is 31.7 Å². The highest BCUT2D eigenvalue weighted by atomic mass is 32.2. The Kier molecular flexibility index (Phi) is 5.78. The van der Waals surface area contributed by atoms with Crippen LogP contribution in [-0.2, 0) is 6.54 Å². The Morgan fingerprint density at radius 1 is 1.50 bits per heavy atom. The Bertz CT molecular complexity index is 507. The molecule has 0 aliphatic carbocycles. The molecule has 0 aromatic heterocycles. The number of hydrogen-bond donors (Lipinski definition) is 1. The quantitative estimate of drug-likeness (QED) is 0.864. The van der Waals surface area contributed by atoms with E-state index in [1.165, 1.54) is 17.1 Å². The third kappa shape index (κ3) is 3.92. The van der Waals surface area contributed by atoms with Crippen LogP contribution in [0.4, 0.5) is 0 Å². The van der Waals surface area contributed by atoms with Crippen molar-refractivity contribution >= 4 is 11.8 Å². The summed E-state index contributed by atoms with van der Waals surface area (Å²) in [6.07, 6.45) is 0. The number of methoxy groups -OCH3 is 1. The lowest BCUT2D eigenvalue weighted by molar-refractivity contribution is 0.221. The van der Waals surface area contributed by atoms with Crippen molar-refractivity contribution in [1.29, 1.82) is 0 Å². The zero-order valence-corrected chi connectivity index (χ0v) is 13.0. The highest BCUT2D eigenvalue weighted by Gasteiger charge is 2.19. The second-order valence-electron chi connectivity index (χ2n) is 4.93. The van der Waals surface area contributed by atoms with Gasteiger partial charge in [0.2, 0.25) is 0 Å². The van der Waals surface area contributed by atoms with Crippen LogP contribution in [0.15, 0.2) is 18.2 Å². The lowest BCUT2D eigenvalue weighted by Gasteiger charge is -2.33. The lowest BCUT2D eigenvalue weighted by Crippen LogP contribution is -2.39. The number of hydrogen-bond acceptors (Lipinski definition) is 4. The van der Waals surface area contributed by atoms with Crippen molar-refractivity contribution < 1.29 is 4.74 Å². The summed E-state index contributed by atoms with van der Waals surface area (Å²) in [5.74, 6) is 9.34. The molecule has 0 bridgehead atoms. The van der Waals surface area contributed by atoms with Gasteiger partial charge in [-0.2, -0.15) is 11.8 Å². The molecule has 0 amide bonds. The summed E-state index contributed by atoms with van der Waals surface area (Å²) in [5.41, 5.74) is 7.64. The molecule has 1 fully saturated rings. The maximum atomic E-state index is 5.48. The monoisotopic (exact) mass is 290 g/mol. The van der Waals surface area contributed by atoms with E-state index in [1.54, 1.807) is 7.11 Å². The van der Waals surface area contributed by atoms with Gasteiger partial charge >= 0.3 is 0 Å². The van der Waals surface area contributed by atoms with Crippen LogP contribution in [-0.4, -0.2) is 42.6 Å². The van der Waals surface area contributed by atoms with Gasteiger partial charge in [-0.15, -0.1) is 0 Å². The molecule has 108 valence electrons. The van der Waals surface area contributed by atoms with Crippen molar-refractivity contribution in [3.8, 4) is 17.6 Å². The molecule has 1 saturated heterocycles. The summed E-state index contributed by atoms with van der Waals surface area (Å²) in [6.45, 7) is 4.73. The third-order valence-electron chi connectivity index (χ3n) is 3.49. The Morgan fingerprint density at radius 3 is 3.05 bits per heavy atom. The lowest BCUT2D eigenvalue weighted by atomic mass is 10.1. The van der Waals surface area contributed by atoms with Gasteiger partial charge in [0.15, 0.2) is 0 Å². The average molecular weight is 290 g/mol. The van der Waals surface area contributed by atoms with Crippen LogP contribution in [0.1, 0.15) is 18.1 Å². The first-order valence-corrected chi connectivity index (χ1v) is 8.07. The van der Waals surface area contributed by atoms with Gasteiger partial charge < -0.3 is 10.5 Å². The van der Waals surface area contributed by atoms with E-state index in [0.29, 0.717) is 12.6 Å². The van der Waals surface area contributed by atoms with Crippen molar-refractivity contribution in [3.05, 3.63) is 29.3 Å². The highest BCUT2D eigenvalue weighted by Crippen LogP contribution is 2.25. The van der Waals surface area contributed by atoms with E-state index in [9.17, 15) is 0 Å². The van der Waals surface area contributed by atoms with Crippen LogP contribution < -0.4 is 10.5 Å². The summed E-state index contributed by atoms with van der Waals surface area (Å²) in [5, 5.41) is 0. The van der Waals surface area contributed by atoms with Gasteiger partial charge in [0.1, 0.15) is 5.75 Å². The standard InChI is InChI=1S/C16H22N2OS/c1-13-12-20-9-8-18(13)11-15-10-14(4-3-7-17)5-6-16(15)19-2/h5-6,10,13H,7-9,11-12,17H2,1-2H3. The van der Waals surface area contributed by atoms with Crippen molar-refractivity contribution in [1.82, 2.24) is 4.90 Å². The number of rotatable bonds is 3. The molecule has 0 radical (unpaired) electrons. The minimum Gasteiger partial charge on any atom is -0.496 e. The number of nitrogens with two attached hydrogens (primary N) is 1. The Balaban J connectivity index is 2.19. The molecule has 1 atom stereocenters. The normalized spacial score (nSPS) is 19.2. The molecule has 2 rings (SSSR count). The largest absolute Gasteiger partial charge is 0.496 e. The van der Waals surface area contributed by atoms with Crippen LogP contribution >= 0.6 is 11.8 Å². The molecular weight excluding hydrogens is 268 g/mol. The van der Waals surface area contributed by atoms with Crippen molar-refractivity contribution in [3.63, 3.8) is 0 Å². The molecule has 1 aromatic carbocycles. The highest BCUT2D eigenvalue weighted by molar-refractivity contribution is 7.99. The predicted molar refractivity (Wildman–Crippen MR) is 86.1 cm³/mol. The summed E-state index contributed by atoms with van der Waals surface area (Å²) in [6, 6.07) is 6.72. The fraction of sp³-hybridized carbons (Fsp3) is 0.500. The van der Waals surface area contributed by atoms with E-state index in [1.807, 2.05) is 23.9 Å². The molecule has 1 aromatic rings. The first-order chi connectivity index (χ1) is 9.74. The molecule has 1 unspecified atom stereocenters. The van der Waals surface area contributed by atoms with Gasteiger partial charge in [0.05, 0.1) is 13.7 Å². The van der Waals surface area contributed by atoms with Crippen LogP contribution in [0, 0.1) is 11.8 Å². The van der Waals surface area contributed by atoms with Gasteiger partial charge in [-0.3, -0.25) is 4.90 Å². The number of benzene rings is 1. The molecule has 1 aliphatic heterocycles. The van der Waals surface area contributed by atoms with Crippen LogP contribution in [0.3, 0.4) is 0 Å². The van der Waals surface area contributed by atoms with E-state index in [0.717, 1.165) is 24.4 Å². The molecule has 1 heterocycles. The Hall–Kier alpha value is -1.15. The van der Waals surface area contributed by atoms with E-state index in [2.05, 4.69) is 29.7 Å². The second kappa shape index (κ2) is 7.58. The van der Waals surface area contributed by atoms with Gasteiger partial charge in [0.25, 0.3) is 0 Å². The zero-order chi connectivity index (χ0) is 14.4. The molecule has 2 N–H and O–H groups in total. The first-order valence-electron chi connectivity index (χ1n) is 6.92. The minimum atomic E-state index is 0.391. The average Bonchev–Trinajstić information content (AvgIpc) is 2.48. The maximum absolute atomic E-state index is 5.48. The van der Waals surface area contributed by atoms with Crippen LogP contribution in [0.25, 0.3) is 0 Å². The van der Waals surface area contributed by atoms with Gasteiger partial charge in [0, 0.05) is 41.8 Å². The molecule has 0 spiro atoms. The van der Waals surface area contributed by atoms with E-state index < -0.39 is 0 Å². The van der Waals surface area contributed by atoms with Gasteiger partial charge in [-0.25, -0.2) is 0 Å². The first kappa shape index (κ1) is 15.2. The number of nitrogens with zero attached hydrogens (tertiary/aromatic N) is 1. The van der Waals surface area contributed by atoms with E-state index >= 15 is 0 Å². The van der Waals surface area contributed by atoms with Crippen molar-refractivity contribution in [2.24, 2.45) is 5.73 Å². The zero-order valence-electron chi connectivity index (χ0n) is 12.2. The topological polar surface area (TPSA) is 38.5 Å². The van der Waals surface area contributed by atoms with Crippen LogP contribution in [0.5, 0.6) is 5.75 Å². The smallest absolute Gasteiger partial charge is 0.123 e. The summed E-state index contributed by atoms with van der Waals surface area (Å²) < 4.78 is 5.48. The minimum absolute atomic E-state index is 0.391. The summed E-state index contributed by atoms with van der Waals surface area (Å²) in [4.78, 5) is 2.51. The SMILES string of the molecule is COc1ccc(C#CCN)cc1CN1CCSCC1C. The van der Waals surface area contributed by atoms with Crippen molar-refractivity contribution in [2.45, 2.75) is 19.5 Å². The van der Waals surface area contributed by atoms with Gasteiger partial charge in [-0.1, -0.05) is 11.8 Å². The molecule has 4 heteroatoms. The number of thioether (sulfide) groups is 1. The number of ether oxygens (including phenoxy) is 1. The summed E-state index contributed by atoms with van der Waals surface area (Å²) >= 11 is 2.03. The molecular formula is C16H22N2OS. The molecule has 20 heavy (non-hydrogen) atoms. The van der Waals surface area contributed by atoms with Crippen LogP contribution in [0.2, 0.25) is 0 Å². The Labute approximate surface area is 125 Å².